The maximum Gasteiger partial charge on any atom is 0.416 e. The first-order valence-corrected chi connectivity index (χ1v) is 10.2. The second kappa shape index (κ2) is 11.0. The van der Waals surface area contributed by atoms with Crippen LogP contribution in [0.3, 0.4) is 0 Å². The average molecular weight is 447 g/mol. The maximum absolute atomic E-state index is 12.9. The van der Waals surface area contributed by atoms with E-state index in [0.717, 1.165) is 17.7 Å². The summed E-state index contributed by atoms with van der Waals surface area (Å²) < 4.78 is 49.6. The van der Waals surface area contributed by atoms with E-state index in [9.17, 15) is 18.0 Å². The molecule has 0 aromatic heterocycles. The summed E-state index contributed by atoms with van der Waals surface area (Å²) in [6, 6.07) is 13.7. The van der Waals surface area contributed by atoms with Gasteiger partial charge >= 0.3 is 6.18 Å². The Morgan fingerprint density at radius 1 is 1.12 bits per heavy atom. The molecule has 1 aliphatic heterocycles. The summed E-state index contributed by atoms with van der Waals surface area (Å²) in [5, 5.41) is 11.5. The monoisotopic (exact) mass is 447 g/mol. The molecule has 0 bridgehead atoms. The molecule has 32 heavy (non-hydrogen) atoms. The molecule has 1 aliphatic rings. The molecule has 1 heterocycles. The number of rotatable bonds is 8. The topological polar surface area (TPSA) is 74.6 Å². The van der Waals surface area contributed by atoms with Crippen molar-refractivity contribution in [1.29, 1.82) is 5.26 Å². The van der Waals surface area contributed by atoms with Crippen LogP contribution in [0.1, 0.15) is 22.7 Å². The number of halogens is 3. The Kier molecular flexibility index (Phi) is 8.09. The molecule has 1 amide bonds. The van der Waals surface area contributed by atoms with Crippen LogP contribution in [0.4, 0.5) is 13.2 Å². The van der Waals surface area contributed by atoms with E-state index >= 15 is 0 Å². The number of morpholine rings is 1. The lowest BCUT2D eigenvalue weighted by atomic mass is 10.0. The molecule has 2 aromatic carbocycles. The van der Waals surface area contributed by atoms with Gasteiger partial charge in [-0.25, -0.2) is 0 Å². The zero-order chi connectivity index (χ0) is 23.0. The van der Waals surface area contributed by atoms with Crippen LogP contribution in [0.2, 0.25) is 0 Å². The Hall–Kier alpha value is -3.09. The van der Waals surface area contributed by atoms with Crippen molar-refractivity contribution >= 4 is 5.91 Å². The largest absolute Gasteiger partial charge is 0.484 e. The molecule has 1 fully saturated rings. The van der Waals surface area contributed by atoms with Gasteiger partial charge in [-0.05, 0) is 35.4 Å². The minimum absolute atomic E-state index is 0.194. The predicted octanol–water partition coefficient (Wildman–Crippen LogP) is 3.34. The van der Waals surface area contributed by atoms with Crippen LogP contribution in [0.15, 0.2) is 48.5 Å². The van der Waals surface area contributed by atoms with Crippen LogP contribution in [0.5, 0.6) is 5.75 Å². The normalized spacial score (nSPS) is 15.6. The molecule has 9 heteroatoms. The fourth-order valence-corrected chi connectivity index (χ4v) is 3.45. The van der Waals surface area contributed by atoms with E-state index in [2.05, 4.69) is 16.3 Å². The molecule has 1 unspecified atom stereocenters. The molecule has 0 radical (unpaired) electrons. The van der Waals surface area contributed by atoms with Gasteiger partial charge in [0.2, 0.25) is 0 Å². The number of ether oxygens (including phenoxy) is 2. The van der Waals surface area contributed by atoms with Crippen LogP contribution in [0, 0.1) is 11.3 Å². The van der Waals surface area contributed by atoms with E-state index < -0.39 is 11.7 Å². The summed E-state index contributed by atoms with van der Waals surface area (Å²) in [6.45, 7) is 2.32. The van der Waals surface area contributed by atoms with Crippen LogP contribution in [-0.2, 0) is 22.1 Å². The van der Waals surface area contributed by atoms with E-state index in [4.69, 9.17) is 14.7 Å². The predicted molar refractivity (Wildman–Crippen MR) is 111 cm³/mol. The summed E-state index contributed by atoms with van der Waals surface area (Å²) in [5.41, 5.74) is 0.837. The molecule has 170 valence electrons. The van der Waals surface area contributed by atoms with Gasteiger partial charge in [-0.3, -0.25) is 9.69 Å². The smallest absolute Gasteiger partial charge is 0.416 e. The Balaban J connectivity index is 1.59. The van der Waals surface area contributed by atoms with Gasteiger partial charge in [0.15, 0.2) is 6.61 Å². The molecule has 3 rings (SSSR count). The second-order valence-electron chi connectivity index (χ2n) is 7.36. The van der Waals surface area contributed by atoms with Crippen molar-refractivity contribution in [1.82, 2.24) is 10.2 Å². The quantitative estimate of drug-likeness (QED) is 0.672. The molecule has 0 spiro atoms. The Morgan fingerprint density at radius 2 is 1.78 bits per heavy atom. The number of carbonyl (C=O) groups is 1. The lowest BCUT2D eigenvalue weighted by Crippen LogP contribution is -2.44. The highest BCUT2D eigenvalue weighted by molar-refractivity contribution is 5.77. The molecule has 0 saturated carbocycles. The summed E-state index contributed by atoms with van der Waals surface area (Å²) in [6.07, 6.45) is -4.10. The number of hydrogen-bond acceptors (Lipinski definition) is 5. The number of nitrogens with zero attached hydrogens (tertiary/aromatic N) is 2. The molecule has 1 atom stereocenters. The van der Waals surface area contributed by atoms with Crippen LogP contribution in [0.25, 0.3) is 0 Å². The fourth-order valence-electron chi connectivity index (χ4n) is 3.45. The molecule has 1 saturated heterocycles. The van der Waals surface area contributed by atoms with Gasteiger partial charge in [0, 0.05) is 19.6 Å². The van der Waals surface area contributed by atoms with E-state index in [0.29, 0.717) is 44.0 Å². The zero-order valence-corrected chi connectivity index (χ0v) is 17.4. The Labute approximate surface area is 184 Å². The molecule has 6 nitrogen and oxygen atoms in total. The van der Waals surface area contributed by atoms with Crippen molar-refractivity contribution < 1.29 is 27.4 Å². The number of carbonyl (C=O) groups excluding carboxylic acids is 1. The average Bonchev–Trinajstić information content (AvgIpc) is 2.79. The number of benzene rings is 2. The Morgan fingerprint density at radius 3 is 2.38 bits per heavy atom. The van der Waals surface area contributed by atoms with Gasteiger partial charge in [-0.15, -0.1) is 0 Å². The van der Waals surface area contributed by atoms with Crippen molar-refractivity contribution in [2.24, 2.45) is 0 Å². The molecular formula is C23H24F3N3O3. The summed E-state index contributed by atoms with van der Waals surface area (Å²) in [4.78, 5) is 14.4. The van der Waals surface area contributed by atoms with Crippen molar-refractivity contribution in [2.45, 2.75) is 18.6 Å². The molecule has 0 aliphatic carbocycles. The summed E-state index contributed by atoms with van der Waals surface area (Å²) in [5.74, 6) is 0.172. The highest BCUT2D eigenvalue weighted by atomic mass is 19.4. The van der Waals surface area contributed by atoms with Gasteiger partial charge in [0.25, 0.3) is 5.91 Å². The van der Waals surface area contributed by atoms with Crippen molar-refractivity contribution in [3.8, 4) is 11.8 Å². The van der Waals surface area contributed by atoms with E-state index in [1.807, 2.05) is 0 Å². The number of alkyl halides is 3. The first-order valence-electron chi connectivity index (χ1n) is 10.2. The standard InChI is InChI=1S/C23H24F3N3O3/c24-23(25,26)19-5-3-18(4-6-19)21(29-11-13-31-14-12-29)15-28-22(30)16-32-20-7-1-17(2-8-20)9-10-27/h1-8,21H,9,11-16H2,(H,28,30). The zero-order valence-electron chi connectivity index (χ0n) is 17.4. The maximum atomic E-state index is 12.9. The van der Waals surface area contributed by atoms with Gasteiger partial charge in [-0.1, -0.05) is 24.3 Å². The lowest BCUT2D eigenvalue weighted by molar-refractivity contribution is -0.137. The summed E-state index contributed by atoms with van der Waals surface area (Å²) >= 11 is 0. The third-order valence-corrected chi connectivity index (χ3v) is 5.18. The van der Waals surface area contributed by atoms with Crippen molar-refractivity contribution in [3.05, 3.63) is 65.2 Å². The van der Waals surface area contributed by atoms with Crippen LogP contribution in [-0.4, -0.2) is 50.3 Å². The SMILES string of the molecule is N#CCc1ccc(OCC(=O)NCC(c2ccc(C(F)(F)F)cc2)N2CCOCC2)cc1. The third-order valence-electron chi connectivity index (χ3n) is 5.18. The lowest BCUT2D eigenvalue weighted by Gasteiger charge is -2.35. The van der Waals surface area contributed by atoms with Crippen LogP contribution >= 0.6 is 0 Å². The molecule has 2 aromatic rings. The highest BCUT2D eigenvalue weighted by Gasteiger charge is 2.31. The number of hydrogen-bond donors (Lipinski definition) is 1. The van der Waals surface area contributed by atoms with Gasteiger partial charge in [0.1, 0.15) is 5.75 Å². The number of nitriles is 1. The van der Waals surface area contributed by atoms with Crippen molar-refractivity contribution in [3.63, 3.8) is 0 Å². The molecular weight excluding hydrogens is 423 g/mol. The second-order valence-corrected chi connectivity index (χ2v) is 7.36. The molecule has 1 N–H and O–H groups in total. The van der Waals surface area contributed by atoms with Gasteiger partial charge in [0.05, 0.1) is 37.3 Å². The first-order chi connectivity index (χ1) is 15.4. The minimum Gasteiger partial charge on any atom is -0.484 e. The fraction of sp³-hybridized carbons (Fsp3) is 0.391. The third kappa shape index (κ3) is 6.70. The summed E-state index contributed by atoms with van der Waals surface area (Å²) in [7, 11) is 0. The van der Waals surface area contributed by atoms with E-state index in [1.54, 1.807) is 24.3 Å². The Bertz CT molecular complexity index is 919. The highest BCUT2D eigenvalue weighted by Crippen LogP contribution is 2.31. The van der Waals surface area contributed by atoms with Crippen molar-refractivity contribution in [2.75, 3.05) is 39.5 Å². The first kappa shape index (κ1) is 23.6. The van der Waals surface area contributed by atoms with Crippen LogP contribution < -0.4 is 10.1 Å². The number of amides is 1. The van der Waals surface area contributed by atoms with E-state index in [1.165, 1.54) is 12.1 Å². The minimum atomic E-state index is -4.40. The van der Waals surface area contributed by atoms with Gasteiger partial charge < -0.3 is 14.8 Å². The van der Waals surface area contributed by atoms with E-state index in [-0.39, 0.29) is 25.1 Å². The number of nitrogens with one attached hydrogen (secondary N) is 1. The van der Waals surface area contributed by atoms with Gasteiger partial charge in [-0.2, -0.15) is 18.4 Å².